The van der Waals surface area contributed by atoms with Crippen LogP contribution < -0.4 is 0 Å². The summed E-state index contributed by atoms with van der Waals surface area (Å²) in [5, 5.41) is 0. The predicted molar refractivity (Wildman–Crippen MR) is 94.3 cm³/mol. The molecule has 0 radical (unpaired) electrons. The minimum atomic E-state index is -0.00301. The van der Waals surface area contributed by atoms with Crippen molar-refractivity contribution in [1.29, 1.82) is 0 Å². The third-order valence-corrected chi connectivity index (χ3v) is 6.04. The summed E-state index contributed by atoms with van der Waals surface area (Å²) in [5.74, 6) is 0. The molecule has 0 aliphatic carbocycles. The van der Waals surface area contributed by atoms with E-state index < -0.39 is 0 Å². The second-order valence-corrected chi connectivity index (χ2v) is 7.92. The van der Waals surface area contributed by atoms with Crippen LogP contribution in [0.25, 0.3) is 0 Å². The molecule has 0 aliphatic heterocycles. The molecule has 2 aromatic rings. The first-order valence-electron chi connectivity index (χ1n) is 6.78. The van der Waals surface area contributed by atoms with Gasteiger partial charge in [0.1, 0.15) is 0 Å². The zero-order valence-electron chi connectivity index (χ0n) is 12.4. The van der Waals surface area contributed by atoms with Crippen molar-refractivity contribution in [2.75, 3.05) is 0 Å². The first kappa shape index (κ1) is 15.8. The molecule has 0 aromatic heterocycles. The van der Waals surface area contributed by atoms with Gasteiger partial charge >= 0.3 is 0 Å². The average Bonchev–Trinajstić information content (AvgIpc) is 2.39. The summed E-state index contributed by atoms with van der Waals surface area (Å²) >= 11 is 7.41. The summed E-state index contributed by atoms with van der Waals surface area (Å²) in [4.78, 5) is 0. The molecular formula is C18H20Br2. The van der Waals surface area contributed by atoms with Crippen LogP contribution in [-0.4, -0.2) is 0 Å². The van der Waals surface area contributed by atoms with E-state index in [1.54, 1.807) is 0 Å². The van der Waals surface area contributed by atoms with Crippen molar-refractivity contribution in [1.82, 2.24) is 0 Å². The van der Waals surface area contributed by atoms with E-state index >= 15 is 0 Å². The third kappa shape index (κ3) is 2.60. The van der Waals surface area contributed by atoms with Crippen LogP contribution in [0, 0.1) is 0 Å². The third-order valence-electron chi connectivity index (χ3n) is 4.66. The van der Waals surface area contributed by atoms with Gasteiger partial charge < -0.3 is 0 Å². The molecule has 2 rings (SSSR count). The average molecular weight is 396 g/mol. The standard InChI is InChI=1S/C18H20Br2/c1-17(2,13-9-5-7-11-15(13)19)18(3,4)14-10-6-8-12-16(14)20/h5-12H,1-4H3. The number of hydrogen-bond acceptors (Lipinski definition) is 0. The lowest BCUT2D eigenvalue weighted by Gasteiger charge is -2.43. The highest BCUT2D eigenvalue weighted by atomic mass is 79.9. The quantitative estimate of drug-likeness (QED) is 0.558. The molecule has 0 nitrogen and oxygen atoms in total. The Hall–Kier alpha value is -0.600. The van der Waals surface area contributed by atoms with E-state index in [0.29, 0.717) is 0 Å². The van der Waals surface area contributed by atoms with Crippen molar-refractivity contribution in [2.45, 2.75) is 38.5 Å². The Labute approximate surface area is 138 Å². The highest BCUT2D eigenvalue weighted by Gasteiger charge is 2.41. The van der Waals surface area contributed by atoms with Crippen molar-refractivity contribution in [3.63, 3.8) is 0 Å². The van der Waals surface area contributed by atoms with Gasteiger partial charge in [-0.05, 0) is 34.1 Å². The Kier molecular flexibility index (Phi) is 4.46. The van der Waals surface area contributed by atoms with Crippen LogP contribution in [0.3, 0.4) is 0 Å². The Morgan fingerprint density at radius 2 is 0.900 bits per heavy atom. The summed E-state index contributed by atoms with van der Waals surface area (Å²) in [6, 6.07) is 17.0. The van der Waals surface area contributed by atoms with Crippen LogP contribution in [-0.2, 0) is 10.8 Å². The van der Waals surface area contributed by atoms with E-state index in [9.17, 15) is 0 Å². The molecule has 0 saturated carbocycles. The van der Waals surface area contributed by atoms with Gasteiger partial charge in [-0.3, -0.25) is 0 Å². The lowest BCUT2D eigenvalue weighted by molar-refractivity contribution is 0.300. The molecular weight excluding hydrogens is 376 g/mol. The topological polar surface area (TPSA) is 0 Å². The van der Waals surface area contributed by atoms with Gasteiger partial charge in [-0.15, -0.1) is 0 Å². The van der Waals surface area contributed by atoms with Gasteiger partial charge in [0, 0.05) is 8.95 Å². The van der Waals surface area contributed by atoms with Gasteiger partial charge in [-0.25, -0.2) is 0 Å². The largest absolute Gasteiger partial charge is 0.0619 e. The fourth-order valence-electron chi connectivity index (χ4n) is 2.61. The molecule has 0 atom stereocenters. The minimum Gasteiger partial charge on any atom is -0.0619 e. The lowest BCUT2D eigenvalue weighted by Crippen LogP contribution is -2.40. The fourth-order valence-corrected chi connectivity index (χ4v) is 4.17. The number of benzene rings is 2. The number of halogens is 2. The van der Waals surface area contributed by atoms with Crippen molar-refractivity contribution >= 4 is 31.9 Å². The van der Waals surface area contributed by atoms with Crippen LogP contribution in [0.2, 0.25) is 0 Å². The summed E-state index contributed by atoms with van der Waals surface area (Å²) in [6.45, 7) is 9.25. The summed E-state index contributed by atoms with van der Waals surface area (Å²) < 4.78 is 2.34. The van der Waals surface area contributed by atoms with E-state index in [-0.39, 0.29) is 10.8 Å². The summed E-state index contributed by atoms with van der Waals surface area (Å²) in [5.41, 5.74) is 2.66. The number of hydrogen-bond donors (Lipinski definition) is 0. The predicted octanol–water partition coefficient (Wildman–Crippen LogP) is 6.47. The van der Waals surface area contributed by atoms with Crippen molar-refractivity contribution in [2.24, 2.45) is 0 Å². The molecule has 2 heteroatoms. The summed E-state index contributed by atoms with van der Waals surface area (Å²) in [6.07, 6.45) is 0. The SMILES string of the molecule is CC(C)(c1ccccc1Br)C(C)(C)c1ccccc1Br. The first-order chi connectivity index (χ1) is 9.28. The Morgan fingerprint density at radius 1 is 0.600 bits per heavy atom. The maximum atomic E-state index is 3.70. The molecule has 20 heavy (non-hydrogen) atoms. The van der Waals surface area contributed by atoms with Gasteiger partial charge in [0.2, 0.25) is 0 Å². The molecule has 0 spiro atoms. The monoisotopic (exact) mass is 394 g/mol. The van der Waals surface area contributed by atoms with Crippen molar-refractivity contribution in [3.05, 3.63) is 68.6 Å². The maximum Gasteiger partial charge on any atom is 0.0213 e. The molecule has 2 aromatic carbocycles. The van der Waals surface area contributed by atoms with Gasteiger partial charge in [0.15, 0.2) is 0 Å². The van der Waals surface area contributed by atoms with E-state index in [0.717, 1.165) is 0 Å². The zero-order valence-corrected chi connectivity index (χ0v) is 15.5. The molecule has 0 saturated heterocycles. The molecule has 0 amide bonds. The van der Waals surface area contributed by atoms with E-state index in [4.69, 9.17) is 0 Å². The smallest absolute Gasteiger partial charge is 0.0213 e. The second-order valence-electron chi connectivity index (χ2n) is 6.21. The molecule has 0 N–H and O–H groups in total. The van der Waals surface area contributed by atoms with Gasteiger partial charge in [-0.2, -0.15) is 0 Å². The van der Waals surface area contributed by atoms with Gasteiger partial charge in [-0.1, -0.05) is 96.0 Å². The summed E-state index contributed by atoms with van der Waals surface area (Å²) in [7, 11) is 0. The van der Waals surface area contributed by atoms with Crippen LogP contribution >= 0.6 is 31.9 Å². The fraction of sp³-hybridized carbons (Fsp3) is 0.333. The zero-order chi connectivity index (χ0) is 15.0. The lowest BCUT2D eigenvalue weighted by atomic mass is 9.61. The Morgan fingerprint density at radius 3 is 1.20 bits per heavy atom. The van der Waals surface area contributed by atoms with Crippen molar-refractivity contribution < 1.29 is 0 Å². The van der Waals surface area contributed by atoms with Crippen molar-refractivity contribution in [3.8, 4) is 0 Å². The molecule has 0 aliphatic rings. The van der Waals surface area contributed by atoms with Gasteiger partial charge in [0.25, 0.3) is 0 Å². The molecule has 0 heterocycles. The van der Waals surface area contributed by atoms with Crippen LogP contribution in [0.1, 0.15) is 38.8 Å². The van der Waals surface area contributed by atoms with E-state index in [1.807, 2.05) is 0 Å². The van der Waals surface area contributed by atoms with Gasteiger partial charge in [0.05, 0.1) is 0 Å². The van der Waals surface area contributed by atoms with E-state index in [2.05, 4.69) is 108 Å². The maximum absolute atomic E-state index is 3.70. The normalized spacial score (nSPS) is 12.5. The highest BCUT2D eigenvalue weighted by molar-refractivity contribution is 9.10. The molecule has 0 bridgehead atoms. The second kappa shape index (κ2) is 5.65. The minimum absolute atomic E-state index is 0.00301. The van der Waals surface area contributed by atoms with Crippen LogP contribution in [0.4, 0.5) is 0 Å². The highest BCUT2D eigenvalue weighted by Crippen LogP contribution is 2.47. The number of rotatable bonds is 3. The Balaban J connectivity index is 2.58. The molecule has 106 valence electrons. The van der Waals surface area contributed by atoms with Crippen LogP contribution in [0.5, 0.6) is 0 Å². The first-order valence-corrected chi connectivity index (χ1v) is 8.37. The molecule has 0 unspecified atom stereocenters. The van der Waals surface area contributed by atoms with E-state index in [1.165, 1.54) is 20.1 Å². The Bertz CT molecular complexity index is 557. The molecule has 0 fully saturated rings. The van der Waals surface area contributed by atoms with Crippen LogP contribution in [0.15, 0.2) is 57.5 Å².